The summed E-state index contributed by atoms with van der Waals surface area (Å²) >= 11 is 5.86. The van der Waals surface area contributed by atoms with Crippen LogP contribution in [0.25, 0.3) is 11.1 Å². The van der Waals surface area contributed by atoms with Crippen molar-refractivity contribution in [2.24, 2.45) is 0 Å². The lowest BCUT2D eigenvalue weighted by Gasteiger charge is -2.13. The van der Waals surface area contributed by atoms with Gasteiger partial charge in [-0.25, -0.2) is 4.79 Å². The number of aromatic nitrogens is 1. The number of nitrogens with one attached hydrogen (secondary N) is 1. The average Bonchev–Trinajstić information content (AvgIpc) is 2.95. The standard InChI is InChI=1S/C19H17ClN2O5/c1-12(18(24)21-14-6-4-5-13(20)11-14)26-17(23)9-10-22-15-7-2-3-8-16(15)27-19(22)25/h2-8,11-12H,9-10H2,1H3,(H,21,24)/t12-/m1/s1. The number of oxazole rings is 1. The van der Waals surface area contributed by atoms with E-state index in [0.717, 1.165) is 0 Å². The number of para-hydroxylation sites is 2. The number of aryl methyl sites for hydroxylation is 1. The van der Waals surface area contributed by atoms with Crippen molar-refractivity contribution in [3.05, 3.63) is 64.1 Å². The number of amides is 1. The molecule has 7 nitrogen and oxygen atoms in total. The Labute approximate surface area is 159 Å². The number of nitrogens with zero attached hydrogens (tertiary/aromatic N) is 1. The second kappa shape index (κ2) is 8.09. The fourth-order valence-corrected chi connectivity index (χ4v) is 2.74. The van der Waals surface area contributed by atoms with Gasteiger partial charge in [-0.1, -0.05) is 29.8 Å². The van der Waals surface area contributed by atoms with E-state index in [1.54, 1.807) is 48.5 Å². The highest BCUT2D eigenvalue weighted by Gasteiger charge is 2.19. The minimum Gasteiger partial charge on any atom is -0.452 e. The summed E-state index contributed by atoms with van der Waals surface area (Å²) in [5.41, 5.74) is 1.55. The zero-order chi connectivity index (χ0) is 19.4. The monoisotopic (exact) mass is 388 g/mol. The fourth-order valence-electron chi connectivity index (χ4n) is 2.55. The summed E-state index contributed by atoms with van der Waals surface area (Å²) in [7, 11) is 0. The molecule has 1 N–H and O–H groups in total. The maximum Gasteiger partial charge on any atom is 0.419 e. The van der Waals surface area contributed by atoms with Gasteiger partial charge in [0, 0.05) is 17.3 Å². The lowest BCUT2D eigenvalue weighted by Crippen LogP contribution is -2.30. The number of rotatable bonds is 6. The van der Waals surface area contributed by atoms with E-state index in [1.165, 1.54) is 11.5 Å². The summed E-state index contributed by atoms with van der Waals surface area (Å²) in [4.78, 5) is 36.0. The second-order valence-electron chi connectivity index (χ2n) is 5.87. The van der Waals surface area contributed by atoms with Crippen molar-refractivity contribution in [2.45, 2.75) is 26.0 Å². The maximum atomic E-state index is 12.1. The molecular formula is C19H17ClN2O5. The molecule has 8 heteroatoms. The van der Waals surface area contributed by atoms with Gasteiger partial charge in [0.15, 0.2) is 11.7 Å². The van der Waals surface area contributed by atoms with Crippen LogP contribution in [0.15, 0.2) is 57.7 Å². The topological polar surface area (TPSA) is 90.5 Å². The molecule has 3 rings (SSSR count). The number of ether oxygens (including phenoxy) is 1. The third kappa shape index (κ3) is 4.57. The Kier molecular flexibility index (Phi) is 5.61. The minimum absolute atomic E-state index is 0.0712. The van der Waals surface area contributed by atoms with Gasteiger partial charge in [-0.3, -0.25) is 14.2 Å². The van der Waals surface area contributed by atoms with E-state index in [4.69, 9.17) is 20.8 Å². The quantitative estimate of drug-likeness (QED) is 0.655. The highest BCUT2D eigenvalue weighted by atomic mass is 35.5. The van der Waals surface area contributed by atoms with Crippen molar-refractivity contribution in [3.63, 3.8) is 0 Å². The predicted octanol–water partition coefficient (Wildman–Crippen LogP) is 3.21. The first-order valence-electron chi connectivity index (χ1n) is 8.28. The van der Waals surface area contributed by atoms with Crippen LogP contribution in [-0.2, 0) is 20.9 Å². The van der Waals surface area contributed by atoms with Gasteiger partial charge in [0.2, 0.25) is 0 Å². The Bertz CT molecular complexity index is 1040. The summed E-state index contributed by atoms with van der Waals surface area (Å²) in [6.07, 6.45) is -1.06. The molecule has 1 amide bonds. The largest absolute Gasteiger partial charge is 0.452 e. The van der Waals surface area contributed by atoms with Gasteiger partial charge in [-0.05, 0) is 37.3 Å². The van der Waals surface area contributed by atoms with Crippen LogP contribution in [0, 0.1) is 0 Å². The Morgan fingerprint density at radius 2 is 2.00 bits per heavy atom. The summed E-state index contributed by atoms with van der Waals surface area (Å²) in [5.74, 6) is -1.62. The normalized spacial score (nSPS) is 11.9. The van der Waals surface area contributed by atoms with Crippen LogP contribution < -0.4 is 11.1 Å². The number of hydrogen-bond acceptors (Lipinski definition) is 5. The molecule has 0 saturated heterocycles. The molecule has 0 fully saturated rings. The smallest absolute Gasteiger partial charge is 0.419 e. The molecule has 0 spiro atoms. The number of hydrogen-bond donors (Lipinski definition) is 1. The maximum absolute atomic E-state index is 12.1. The summed E-state index contributed by atoms with van der Waals surface area (Å²) in [6, 6.07) is 13.6. The molecule has 0 aliphatic rings. The van der Waals surface area contributed by atoms with Crippen LogP contribution in [0.4, 0.5) is 5.69 Å². The molecule has 0 aliphatic carbocycles. The van der Waals surface area contributed by atoms with Gasteiger partial charge in [-0.15, -0.1) is 0 Å². The molecule has 2 aromatic carbocycles. The number of anilines is 1. The van der Waals surface area contributed by atoms with Gasteiger partial charge < -0.3 is 14.5 Å². The first kappa shape index (κ1) is 18.7. The molecule has 1 heterocycles. The predicted molar refractivity (Wildman–Crippen MR) is 101 cm³/mol. The molecule has 1 aromatic heterocycles. The number of halogens is 1. The van der Waals surface area contributed by atoms with E-state index in [2.05, 4.69) is 5.32 Å². The zero-order valence-electron chi connectivity index (χ0n) is 14.5. The number of carbonyl (C=O) groups excluding carboxylic acids is 2. The van der Waals surface area contributed by atoms with E-state index in [0.29, 0.717) is 21.8 Å². The summed E-state index contributed by atoms with van der Waals surface area (Å²) < 4.78 is 11.6. The number of carbonyl (C=O) groups is 2. The number of fused-ring (bicyclic) bond motifs is 1. The average molecular weight is 389 g/mol. The SMILES string of the molecule is C[C@@H](OC(=O)CCn1c(=O)oc2ccccc21)C(=O)Nc1cccc(Cl)c1. The molecule has 0 unspecified atom stereocenters. The lowest BCUT2D eigenvalue weighted by molar-refractivity contribution is -0.153. The van der Waals surface area contributed by atoms with Gasteiger partial charge >= 0.3 is 11.7 Å². The van der Waals surface area contributed by atoms with Crippen molar-refractivity contribution in [3.8, 4) is 0 Å². The highest BCUT2D eigenvalue weighted by Crippen LogP contribution is 2.16. The van der Waals surface area contributed by atoms with Crippen LogP contribution in [0.2, 0.25) is 5.02 Å². The first-order valence-corrected chi connectivity index (χ1v) is 8.66. The van der Waals surface area contributed by atoms with E-state index in [1.807, 2.05) is 0 Å². The van der Waals surface area contributed by atoms with Crippen LogP contribution in [0.5, 0.6) is 0 Å². The lowest BCUT2D eigenvalue weighted by atomic mass is 10.3. The van der Waals surface area contributed by atoms with Crippen molar-refractivity contribution < 1.29 is 18.7 Å². The minimum atomic E-state index is -0.991. The molecule has 140 valence electrons. The third-order valence-electron chi connectivity index (χ3n) is 3.88. The van der Waals surface area contributed by atoms with Crippen LogP contribution in [-0.4, -0.2) is 22.5 Å². The Balaban J connectivity index is 1.56. The van der Waals surface area contributed by atoms with E-state index in [9.17, 15) is 14.4 Å². The molecular weight excluding hydrogens is 372 g/mol. The van der Waals surface area contributed by atoms with Crippen molar-refractivity contribution in [1.82, 2.24) is 4.57 Å². The molecule has 3 aromatic rings. The van der Waals surface area contributed by atoms with E-state index < -0.39 is 23.7 Å². The van der Waals surface area contributed by atoms with Crippen molar-refractivity contribution in [1.29, 1.82) is 0 Å². The number of esters is 1. The van der Waals surface area contributed by atoms with Crippen LogP contribution in [0.3, 0.4) is 0 Å². The van der Waals surface area contributed by atoms with Gasteiger partial charge in [0.05, 0.1) is 11.9 Å². The molecule has 0 radical (unpaired) electrons. The Morgan fingerprint density at radius 1 is 1.22 bits per heavy atom. The van der Waals surface area contributed by atoms with Gasteiger partial charge in [0.25, 0.3) is 5.91 Å². The van der Waals surface area contributed by atoms with Crippen LogP contribution in [0.1, 0.15) is 13.3 Å². The fraction of sp³-hybridized carbons (Fsp3) is 0.211. The molecule has 1 atom stereocenters. The Hall–Kier alpha value is -3.06. The van der Waals surface area contributed by atoms with Crippen molar-refractivity contribution in [2.75, 3.05) is 5.32 Å². The van der Waals surface area contributed by atoms with Crippen LogP contribution >= 0.6 is 11.6 Å². The van der Waals surface area contributed by atoms with E-state index in [-0.39, 0.29) is 13.0 Å². The molecule has 0 aliphatic heterocycles. The molecule has 27 heavy (non-hydrogen) atoms. The summed E-state index contributed by atoms with van der Waals surface area (Å²) in [5, 5.41) is 3.10. The van der Waals surface area contributed by atoms with Gasteiger partial charge in [0.1, 0.15) is 0 Å². The number of benzene rings is 2. The highest BCUT2D eigenvalue weighted by molar-refractivity contribution is 6.30. The zero-order valence-corrected chi connectivity index (χ0v) is 15.2. The molecule has 0 saturated carbocycles. The van der Waals surface area contributed by atoms with Crippen molar-refractivity contribution >= 4 is 40.3 Å². The third-order valence-corrected chi connectivity index (χ3v) is 4.12. The molecule has 0 bridgehead atoms. The first-order chi connectivity index (χ1) is 12.9. The second-order valence-corrected chi connectivity index (χ2v) is 6.31. The summed E-state index contributed by atoms with van der Waals surface area (Å²) in [6.45, 7) is 1.56. The Morgan fingerprint density at radius 3 is 2.78 bits per heavy atom. The van der Waals surface area contributed by atoms with Gasteiger partial charge in [-0.2, -0.15) is 0 Å². The van der Waals surface area contributed by atoms with E-state index >= 15 is 0 Å².